The molecule has 19 heavy (non-hydrogen) atoms. The zero-order valence-corrected chi connectivity index (χ0v) is 13.2. The fraction of sp³-hybridized carbons (Fsp3) is 0.571. The predicted molar refractivity (Wildman–Crippen MR) is 82.0 cm³/mol. The molecule has 0 atom stereocenters. The first-order chi connectivity index (χ1) is 9.03. The van der Waals surface area contributed by atoms with Crippen LogP contribution in [-0.2, 0) is 9.84 Å². The molecule has 0 unspecified atom stereocenters. The summed E-state index contributed by atoms with van der Waals surface area (Å²) in [6.07, 6.45) is 3.09. The van der Waals surface area contributed by atoms with Crippen molar-refractivity contribution in [2.24, 2.45) is 0 Å². The lowest BCUT2D eigenvalue weighted by Gasteiger charge is -2.22. The van der Waals surface area contributed by atoms with E-state index in [9.17, 15) is 8.42 Å². The molecule has 0 aliphatic rings. The van der Waals surface area contributed by atoms with Gasteiger partial charge in [0, 0.05) is 19.5 Å². The van der Waals surface area contributed by atoms with Gasteiger partial charge >= 0.3 is 0 Å². The van der Waals surface area contributed by atoms with E-state index in [1.165, 1.54) is 0 Å². The molecule has 0 aliphatic carbocycles. The third-order valence-corrected chi connectivity index (χ3v) is 5.16. The summed E-state index contributed by atoms with van der Waals surface area (Å²) >= 11 is 5.64. The van der Waals surface area contributed by atoms with Crippen LogP contribution in [-0.4, -0.2) is 33.6 Å². The van der Waals surface area contributed by atoms with E-state index in [0.29, 0.717) is 10.8 Å². The van der Waals surface area contributed by atoms with Crippen LogP contribution >= 0.6 is 11.6 Å². The molecule has 1 aromatic rings. The minimum atomic E-state index is -3.17. The first-order valence-corrected chi connectivity index (χ1v) is 8.80. The fourth-order valence-electron chi connectivity index (χ4n) is 1.93. The summed E-state index contributed by atoms with van der Waals surface area (Å²) in [7, 11) is -1.24. The van der Waals surface area contributed by atoms with Crippen molar-refractivity contribution < 1.29 is 8.42 Å². The monoisotopic (exact) mass is 303 g/mol. The minimum absolute atomic E-state index is 0.129. The maximum Gasteiger partial charge on any atom is 0.180 e. The highest BCUT2D eigenvalue weighted by molar-refractivity contribution is 7.91. The summed E-state index contributed by atoms with van der Waals surface area (Å²) in [6.45, 7) is 2.51. The molecule has 0 saturated heterocycles. The normalized spacial score (nSPS) is 11.5. The highest BCUT2D eigenvalue weighted by atomic mass is 35.5. The largest absolute Gasteiger partial charge is 0.374 e. The SMILES string of the molecule is CCS(=O)(=O)c1ccccc1N(C)CCCCCCl. The molecule has 0 spiro atoms. The molecule has 0 bridgehead atoms. The van der Waals surface area contributed by atoms with Crippen molar-refractivity contribution >= 4 is 27.1 Å². The van der Waals surface area contributed by atoms with E-state index in [1.54, 1.807) is 19.1 Å². The molecule has 0 radical (unpaired) electrons. The first-order valence-electron chi connectivity index (χ1n) is 6.61. The van der Waals surface area contributed by atoms with Gasteiger partial charge in [0.05, 0.1) is 16.3 Å². The van der Waals surface area contributed by atoms with Gasteiger partial charge in [-0.1, -0.05) is 25.5 Å². The van der Waals surface area contributed by atoms with Crippen LogP contribution in [0.4, 0.5) is 5.69 Å². The van der Waals surface area contributed by atoms with Crippen molar-refractivity contribution in [1.29, 1.82) is 0 Å². The number of rotatable bonds is 8. The molecule has 1 rings (SSSR count). The van der Waals surface area contributed by atoms with Crippen molar-refractivity contribution in [3.63, 3.8) is 0 Å². The van der Waals surface area contributed by atoms with Gasteiger partial charge in [-0.25, -0.2) is 8.42 Å². The van der Waals surface area contributed by atoms with Gasteiger partial charge in [0.2, 0.25) is 0 Å². The Hall–Kier alpha value is -0.740. The predicted octanol–water partition coefficient (Wildman–Crippen LogP) is 3.33. The van der Waals surface area contributed by atoms with E-state index in [0.717, 1.165) is 31.5 Å². The second-order valence-corrected chi connectivity index (χ2v) is 7.17. The topological polar surface area (TPSA) is 37.4 Å². The molecule has 3 nitrogen and oxygen atoms in total. The number of hydrogen-bond donors (Lipinski definition) is 0. The molecule has 0 amide bonds. The Balaban J connectivity index is 2.83. The lowest BCUT2D eigenvalue weighted by molar-refractivity contribution is 0.596. The number of hydrogen-bond acceptors (Lipinski definition) is 3. The Bertz CT molecular complexity index is 488. The smallest absolute Gasteiger partial charge is 0.180 e. The summed E-state index contributed by atoms with van der Waals surface area (Å²) < 4.78 is 24.1. The van der Waals surface area contributed by atoms with Crippen LogP contribution in [0.25, 0.3) is 0 Å². The summed E-state index contributed by atoms with van der Waals surface area (Å²) in [4.78, 5) is 2.44. The van der Waals surface area contributed by atoms with E-state index in [2.05, 4.69) is 0 Å². The van der Waals surface area contributed by atoms with Gasteiger partial charge in [-0.15, -0.1) is 11.6 Å². The van der Waals surface area contributed by atoms with Gasteiger partial charge in [-0.05, 0) is 25.0 Å². The molecule has 1 aromatic carbocycles. The van der Waals surface area contributed by atoms with Gasteiger partial charge in [0.15, 0.2) is 9.84 Å². The summed E-state index contributed by atoms with van der Waals surface area (Å²) in [5, 5.41) is 0. The van der Waals surface area contributed by atoms with Crippen LogP contribution in [0.1, 0.15) is 26.2 Å². The average molecular weight is 304 g/mol. The van der Waals surface area contributed by atoms with Crippen molar-refractivity contribution in [2.75, 3.05) is 30.1 Å². The van der Waals surface area contributed by atoms with Gasteiger partial charge < -0.3 is 4.90 Å². The van der Waals surface area contributed by atoms with Gasteiger partial charge in [0.25, 0.3) is 0 Å². The van der Waals surface area contributed by atoms with Crippen molar-refractivity contribution in [3.8, 4) is 0 Å². The Morgan fingerprint density at radius 2 is 1.84 bits per heavy atom. The van der Waals surface area contributed by atoms with E-state index in [-0.39, 0.29) is 5.75 Å². The lowest BCUT2D eigenvalue weighted by Crippen LogP contribution is -2.21. The number of halogens is 1. The van der Waals surface area contributed by atoms with Crippen LogP contribution in [0.3, 0.4) is 0 Å². The maximum atomic E-state index is 12.1. The quantitative estimate of drug-likeness (QED) is 0.546. The van der Waals surface area contributed by atoms with E-state index in [4.69, 9.17) is 11.6 Å². The molecule has 0 fully saturated rings. The molecule has 5 heteroatoms. The zero-order chi connectivity index (χ0) is 14.3. The molecule has 0 aliphatic heterocycles. The van der Waals surface area contributed by atoms with E-state index in [1.807, 2.05) is 24.1 Å². The maximum absolute atomic E-state index is 12.1. The number of sulfone groups is 1. The highest BCUT2D eigenvalue weighted by Crippen LogP contribution is 2.25. The highest BCUT2D eigenvalue weighted by Gasteiger charge is 2.17. The van der Waals surface area contributed by atoms with Crippen LogP contribution < -0.4 is 4.90 Å². The standard InChI is InChI=1S/C14H22ClNO2S/c1-3-19(17,18)14-10-6-5-9-13(14)16(2)12-8-4-7-11-15/h5-6,9-10H,3-4,7-8,11-12H2,1-2H3. The third-order valence-electron chi connectivity index (χ3n) is 3.12. The molecule has 0 aromatic heterocycles. The number of anilines is 1. The number of para-hydroxylation sites is 1. The van der Waals surface area contributed by atoms with E-state index < -0.39 is 9.84 Å². The van der Waals surface area contributed by atoms with Gasteiger partial charge in [0.1, 0.15) is 0 Å². The number of benzene rings is 1. The number of alkyl halides is 1. The van der Waals surface area contributed by atoms with Crippen molar-refractivity contribution in [1.82, 2.24) is 0 Å². The van der Waals surface area contributed by atoms with Crippen molar-refractivity contribution in [2.45, 2.75) is 31.1 Å². The third kappa shape index (κ3) is 4.69. The zero-order valence-electron chi connectivity index (χ0n) is 11.6. The van der Waals surface area contributed by atoms with Crippen LogP contribution in [0.15, 0.2) is 29.2 Å². The number of unbranched alkanes of at least 4 members (excludes halogenated alkanes) is 2. The molecule has 108 valence electrons. The summed E-state index contributed by atoms with van der Waals surface area (Å²) in [6, 6.07) is 7.19. The Kier molecular flexibility index (Phi) is 6.66. The van der Waals surface area contributed by atoms with Crippen LogP contribution in [0.5, 0.6) is 0 Å². The van der Waals surface area contributed by atoms with Gasteiger partial charge in [-0.3, -0.25) is 0 Å². The summed E-state index contributed by atoms with van der Waals surface area (Å²) in [5.74, 6) is 0.814. The second-order valence-electron chi connectivity index (χ2n) is 4.54. The van der Waals surface area contributed by atoms with Gasteiger partial charge in [-0.2, -0.15) is 0 Å². The fourth-order valence-corrected chi connectivity index (χ4v) is 3.26. The second kappa shape index (κ2) is 7.75. The minimum Gasteiger partial charge on any atom is -0.374 e. The average Bonchev–Trinajstić information content (AvgIpc) is 2.43. The Morgan fingerprint density at radius 1 is 1.16 bits per heavy atom. The summed E-state index contributed by atoms with van der Waals surface area (Å²) in [5.41, 5.74) is 0.787. The molecule has 0 N–H and O–H groups in total. The van der Waals surface area contributed by atoms with Crippen LogP contribution in [0.2, 0.25) is 0 Å². The Morgan fingerprint density at radius 3 is 2.47 bits per heavy atom. The lowest BCUT2D eigenvalue weighted by atomic mass is 10.2. The molecular weight excluding hydrogens is 282 g/mol. The first kappa shape index (κ1) is 16.3. The number of nitrogens with zero attached hydrogens (tertiary/aromatic N) is 1. The van der Waals surface area contributed by atoms with E-state index >= 15 is 0 Å². The Labute approximate surface area is 121 Å². The van der Waals surface area contributed by atoms with Crippen molar-refractivity contribution in [3.05, 3.63) is 24.3 Å². The molecule has 0 saturated carbocycles. The molecular formula is C14H22ClNO2S. The van der Waals surface area contributed by atoms with Crippen LogP contribution in [0, 0.1) is 0 Å². The molecule has 0 heterocycles.